The molecule has 0 unspecified atom stereocenters. The lowest BCUT2D eigenvalue weighted by atomic mass is 10.1. The van der Waals surface area contributed by atoms with E-state index in [0.29, 0.717) is 11.6 Å². The van der Waals surface area contributed by atoms with Gasteiger partial charge in [0.05, 0.1) is 11.8 Å². The van der Waals surface area contributed by atoms with Crippen LogP contribution in [0.25, 0.3) is 5.65 Å². The summed E-state index contributed by atoms with van der Waals surface area (Å²) < 4.78 is 47.7. The van der Waals surface area contributed by atoms with E-state index in [2.05, 4.69) is 32.3 Å². The van der Waals surface area contributed by atoms with Crippen LogP contribution in [0.4, 0.5) is 19.1 Å². The van der Waals surface area contributed by atoms with Gasteiger partial charge in [-0.25, -0.2) is 0 Å². The number of nitrogens with zero attached hydrogens (tertiary/aromatic N) is 5. The lowest BCUT2D eigenvalue weighted by molar-refractivity contribution is -0.138. The van der Waals surface area contributed by atoms with Crippen LogP contribution in [0.5, 0.6) is 6.01 Å². The maximum Gasteiger partial charge on any atom is 0.416 e. The van der Waals surface area contributed by atoms with Crippen LogP contribution in [-0.4, -0.2) is 50.7 Å². The fourth-order valence-electron chi connectivity index (χ4n) is 3.83. The van der Waals surface area contributed by atoms with Crippen LogP contribution in [0.1, 0.15) is 49.3 Å². The highest BCUT2D eigenvalue weighted by Gasteiger charge is 2.33. The molecular formula is C22H27F3N6O. The molecule has 2 aromatic heterocycles. The monoisotopic (exact) mass is 448 g/mol. The zero-order valence-corrected chi connectivity index (χ0v) is 18.4. The predicted octanol–water partition coefficient (Wildman–Crippen LogP) is 4.35. The summed E-state index contributed by atoms with van der Waals surface area (Å²) in [4.78, 5) is 11.3. The first kappa shape index (κ1) is 22.3. The summed E-state index contributed by atoms with van der Waals surface area (Å²) in [6, 6.07) is 5.70. The molecule has 172 valence electrons. The molecule has 0 spiro atoms. The minimum atomic E-state index is -4.43. The van der Waals surface area contributed by atoms with Gasteiger partial charge in [-0.2, -0.15) is 32.8 Å². The summed E-state index contributed by atoms with van der Waals surface area (Å²) in [5.74, 6) is 0.458. The van der Waals surface area contributed by atoms with Crippen molar-refractivity contribution >= 4 is 11.6 Å². The van der Waals surface area contributed by atoms with Crippen molar-refractivity contribution in [1.82, 2.24) is 24.5 Å². The number of fused-ring (bicyclic) bond motifs is 1. The van der Waals surface area contributed by atoms with Gasteiger partial charge >= 0.3 is 12.2 Å². The van der Waals surface area contributed by atoms with E-state index in [-0.39, 0.29) is 30.1 Å². The van der Waals surface area contributed by atoms with E-state index < -0.39 is 11.7 Å². The number of likely N-dealkylation sites (tertiary alicyclic amines) is 1. The van der Waals surface area contributed by atoms with Gasteiger partial charge in [0.2, 0.25) is 5.95 Å². The van der Waals surface area contributed by atoms with Crippen molar-refractivity contribution in [3.05, 3.63) is 47.2 Å². The predicted molar refractivity (Wildman–Crippen MR) is 115 cm³/mol. The van der Waals surface area contributed by atoms with Crippen molar-refractivity contribution in [3.8, 4) is 6.01 Å². The molecule has 1 fully saturated rings. The molecule has 1 N–H and O–H groups in total. The molecule has 32 heavy (non-hydrogen) atoms. The number of rotatable bonds is 6. The van der Waals surface area contributed by atoms with E-state index in [1.807, 2.05) is 13.8 Å². The first-order valence-electron chi connectivity index (χ1n) is 10.7. The van der Waals surface area contributed by atoms with Gasteiger partial charge in [-0.1, -0.05) is 32.0 Å². The zero-order valence-electron chi connectivity index (χ0n) is 18.4. The summed E-state index contributed by atoms with van der Waals surface area (Å²) in [7, 11) is 2.07. The van der Waals surface area contributed by atoms with Crippen molar-refractivity contribution in [3.63, 3.8) is 0 Å². The van der Waals surface area contributed by atoms with Crippen LogP contribution in [0.3, 0.4) is 0 Å². The number of hydrogen-bond acceptors (Lipinski definition) is 6. The Bertz CT molecular complexity index is 1070. The Kier molecular flexibility index (Phi) is 6.23. The third-order valence-corrected chi connectivity index (χ3v) is 5.69. The van der Waals surface area contributed by atoms with Gasteiger partial charge < -0.3 is 15.0 Å². The number of benzene rings is 1. The van der Waals surface area contributed by atoms with Crippen molar-refractivity contribution in [2.24, 2.45) is 0 Å². The molecule has 1 aromatic carbocycles. The third kappa shape index (κ3) is 4.79. The Morgan fingerprint density at radius 2 is 1.88 bits per heavy atom. The van der Waals surface area contributed by atoms with E-state index in [1.54, 1.807) is 12.3 Å². The molecule has 3 aromatic rings. The maximum absolute atomic E-state index is 13.4. The molecule has 0 atom stereocenters. The highest BCUT2D eigenvalue weighted by molar-refractivity contribution is 5.53. The number of alkyl halides is 3. The van der Waals surface area contributed by atoms with Gasteiger partial charge in [-0.15, -0.1) is 0 Å². The van der Waals surface area contributed by atoms with Gasteiger partial charge in [-0.3, -0.25) is 0 Å². The van der Waals surface area contributed by atoms with Crippen LogP contribution < -0.4 is 10.1 Å². The molecule has 4 rings (SSSR count). The Morgan fingerprint density at radius 3 is 2.56 bits per heavy atom. The van der Waals surface area contributed by atoms with Crippen molar-refractivity contribution in [1.29, 1.82) is 0 Å². The summed E-state index contributed by atoms with van der Waals surface area (Å²) >= 11 is 0. The molecule has 3 heterocycles. The van der Waals surface area contributed by atoms with Gasteiger partial charge in [0.1, 0.15) is 6.10 Å². The molecule has 10 heteroatoms. The molecule has 1 saturated heterocycles. The van der Waals surface area contributed by atoms with Gasteiger partial charge in [0, 0.05) is 25.2 Å². The van der Waals surface area contributed by atoms with Gasteiger partial charge in [-0.05, 0) is 37.4 Å². The van der Waals surface area contributed by atoms with Gasteiger partial charge in [0.15, 0.2) is 5.65 Å². The Labute approximate surface area is 184 Å². The first-order valence-corrected chi connectivity index (χ1v) is 10.7. The van der Waals surface area contributed by atoms with Crippen LogP contribution in [0.2, 0.25) is 0 Å². The number of anilines is 1. The smallest absolute Gasteiger partial charge is 0.416 e. The van der Waals surface area contributed by atoms with E-state index in [1.165, 1.54) is 16.6 Å². The first-order chi connectivity index (χ1) is 15.2. The molecule has 0 radical (unpaired) electrons. The molecule has 1 aliphatic heterocycles. The largest absolute Gasteiger partial charge is 0.460 e. The number of aromatic nitrogens is 4. The molecule has 0 amide bonds. The van der Waals surface area contributed by atoms with Crippen molar-refractivity contribution in [2.45, 2.75) is 51.4 Å². The molecule has 7 nitrogen and oxygen atoms in total. The molecule has 0 bridgehead atoms. The summed E-state index contributed by atoms with van der Waals surface area (Å²) in [5, 5.41) is 7.38. The van der Waals surface area contributed by atoms with Crippen LogP contribution >= 0.6 is 0 Å². The second-order valence-corrected chi connectivity index (χ2v) is 8.45. The van der Waals surface area contributed by atoms with Crippen molar-refractivity contribution in [2.75, 3.05) is 25.5 Å². The fraction of sp³-hybridized carbons (Fsp3) is 0.500. The van der Waals surface area contributed by atoms with E-state index in [4.69, 9.17) is 4.74 Å². The lowest BCUT2D eigenvalue weighted by Crippen LogP contribution is -2.36. The Hall–Kier alpha value is -2.88. The van der Waals surface area contributed by atoms with Gasteiger partial charge in [0.25, 0.3) is 0 Å². The number of hydrogen-bond donors (Lipinski definition) is 1. The highest BCUT2D eigenvalue weighted by Crippen LogP contribution is 2.32. The van der Waals surface area contributed by atoms with Crippen LogP contribution in [0, 0.1) is 0 Å². The minimum Gasteiger partial charge on any atom is -0.460 e. The standard InChI is InChI=1S/C22H27F3N6O/c1-14(2)17-13-27-31-19(17)28-21(32-16-8-10-30(3)11-9-16)29-20(31)26-12-15-6-4-5-7-18(15)22(23,24)25/h4-7,13-14,16H,8-12H2,1-3H3,(H,26,28,29). The average Bonchev–Trinajstić information content (AvgIpc) is 3.18. The van der Waals surface area contributed by atoms with E-state index in [9.17, 15) is 13.2 Å². The summed E-state index contributed by atoms with van der Waals surface area (Å²) in [5.41, 5.74) is 0.952. The molecule has 0 aliphatic carbocycles. The molecule has 1 aliphatic rings. The van der Waals surface area contributed by atoms with E-state index >= 15 is 0 Å². The van der Waals surface area contributed by atoms with Crippen molar-refractivity contribution < 1.29 is 17.9 Å². The summed E-state index contributed by atoms with van der Waals surface area (Å²) in [6.07, 6.45) is -0.995. The van der Waals surface area contributed by atoms with Crippen LogP contribution in [0.15, 0.2) is 30.5 Å². The molecular weight excluding hydrogens is 421 g/mol. The van der Waals surface area contributed by atoms with Crippen LogP contribution in [-0.2, 0) is 12.7 Å². The number of piperidine rings is 1. The quantitative estimate of drug-likeness (QED) is 0.605. The molecule has 0 saturated carbocycles. The van der Waals surface area contributed by atoms with E-state index in [0.717, 1.165) is 37.6 Å². The highest BCUT2D eigenvalue weighted by atomic mass is 19.4. The SMILES string of the molecule is CC(C)c1cnn2c(NCc3ccccc3C(F)(F)F)nc(OC3CCN(C)CC3)nc12. The minimum absolute atomic E-state index is 0.00197. The number of halogens is 3. The Balaban J connectivity index is 1.64. The zero-order chi connectivity index (χ0) is 22.9. The lowest BCUT2D eigenvalue weighted by Gasteiger charge is -2.28. The maximum atomic E-state index is 13.4. The second-order valence-electron chi connectivity index (χ2n) is 8.45. The Morgan fingerprint density at radius 1 is 1.16 bits per heavy atom. The third-order valence-electron chi connectivity index (χ3n) is 5.69. The summed E-state index contributed by atoms with van der Waals surface area (Å²) in [6.45, 7) is 5.85. The normalized spacial score (nSPS) is 16.1. The average molecular weight is 448 g/mol. The number of ether oxygens (including phenoxy) is 1. The topological polar surface area (TPSA) is 67.6 Å². The fourth-order valence-corrected chi connectivity index (χ4v) is 3.83. The number of nitrogens with one attached hydrogen (secondary N) is 1. The second kappa shape index (κ2) is 8.93.